The Morgan fingerprint density at radius 3 is 2.35 bits per heavy atom. The summed E-state index contributed by atoms with van der Waals surface area (Å²) < 4.78 is 42.3. The summed E-state index contributed by atoms with van der Waals surface area (Å²) in [4.78, 5) is 11.6. The van der Waals surface area contributed by atoms with Crippen molar-refractivity contribution < 1.29 is 22.7 Å². The van der Waals surface area contributed by atoms with E-state index in [1.54, 1.807) is 18.2 Å². The highest BCUT2D eigenvalue weighted by molar-refractivity contribution is 7.92. The molecule has 0 aromatic heterocycles. The Balaban J connectivity index is 1.82. The number of hydrogen-bond donors (Lipinski definition) is 3. The molecule has 3 aromatic rings. The third kappa shape index (κ3) is 4.70. The molecule has 1 unspecified atom stereocenters. The van der Waals surface area contributed by atoms with E-state index in [0.717, 1.165) is 24.1 Å². The minimum atomic E-state index is -4.08. The van der Waals surface area contributed by atoms with E-state index in [4.69, 9.17) is 0 Å². The predicted molar refractivity (Wildman–Crippen MR) is 130 cm³/mol. The second kappa shape index (κ2) is 9.34. The summed E-state index contributed by atoms with van der Waals surface area (Å²) >= 11 is 0. The summed E-state index contributed by atoms with van der Waals surface area (Å²) in [6.45, 7) is 2.00. The molecule has 4 rings (SSSR count). The fourth-order valence-electron chi connectivity index (χ4n) is 4.28. The number of nitrogens with zero attached hydrogens (tertiary/aromatic N) is 1. The molecule has 1 heterocycles. The Morgan fingerprint density at radius 1 is 1.00 bits per heavy atom. The standard InChI is InChI=1S/C25H26FN3O4S/c1-2-15-25(16-23(30)31)27-21-9-6-10-22(24(21)28-25)29(17-18-7-4-3-5-8-18)34(32,33)20-13-11-19(26)12-14-20/h3-14,27-28H,2,15-17H2,1H3,(H,30,31). The van der Waals surface area contributed by atoms with E-state index >= 15 is 0 Å². The number of carbonyl (C=O) groups is 1. The largest absolute Gasteiger partial charge is 0.481 e. The van der Waals surface area contributed by atoms with E-state index in [9.17, 15) is 22.7 Å². The van der Waals surface area contributed by atoms with Crippen LogP contribution in [0.1, 0.15) is 31.7 Å². The highest BCUT2D eigenvalue weighted by Gasteiger charge is 2.40. The van der Waals surface area contributed by atoms with Gasteiger partial charge in [-0.3, -0.25) is 9.10 Å². The zero-order chi connectivity index (χ0) is 24.3. The average Bonchev–Trinajstić information content (AvgIpc) is 3.16. The van der Waals surface area contributed by atoms with E-state index in [1.807, 2.05) is 37.3 Å². The third-order valence-corrected chi connectivity index (χ3v) is 7.52. The molecular weight excluding hydrogens is 457 g/mol. The molecule has 0 fully saturated rings. The molecule has 0 amide bonds. The Kier molecular flexibility index (Phi) is 6.47. The minimum absolute atomic E-state index is 0.0401. The number of fused-ring (bicyclic) bond motifs is 1. The predicted octanol–water partition coefficient (Wildman–Crippen LogP) is 5.03. The molecule has 3 aromatic carbocycles. The monoisotopic (exact) mass is 483 g/mol. The van der Waals surface area contributed by atoms with E-state index in [2.05, 4.69) is 10.6 Å². The smallest absolute Gasteiger partial charge is 0.307 e. The number of hydrogen-bond acceptors (Lipinski definition) is 5. The number of benzene rings is 3. The molecule has 9 heteroatoms. The number of halogens is 1. The lowest BCUT2D eigenvalue weighted by Gasteiger charge is -2.30. The number of nitrogens with one attached hydrogen (secondary N) is 2. The van der Waals surface area contributed by atoms with Crippen LogP contribution in [-0.4, -0.2) is 25.2 Å². The van der Waals surface area contributed by atoms with E-state index in [0.29, 0.717) is 23.5 Å². The average molecular weight is 484 g/mol. The van der Waals surface area contributed by atoms with Gasteiger partial charge in [0.1, 0.15) is 11.5 Å². The lowest BCUT2D eigenvalue weighted by atomic mass is 10.0. The number of sulfonamides is 1. The Bertz CT molecular complexity index is 1280. The van der Waals surface area contributed by atoms with Gasteiger partial charge >= 0.3 is 5.97 Å². The van der Waals surface area contributed by atoms with Crippen molar-refractivity contribution in [2.24, 2.45) is 0 Å². The second-order valence-electron chi connectivity index (χ2n) is 8.30. The molecule has 0 saturated carbocycles. The van der Waals surface area contributed by atoms with Crippen LogP contribution in [0.25, 0.3) is 0 Å². The van der Waals surface area contributed by atoms with Crippen molar-refractivity contribution in [2.45, 2.75) is 43.3 Å². The van der Waals surface area contributed by atoms with Gasteiger partial charge < -0.3 is 15.7 Å². The van der Waals surface area contributed by atoms with Gasteiger partial charge in [-0.15, -0.1) is 0 Å². The molecule has 0 spiro atoms. The first-order valence-corrected chi connectivity index (χ1v) is 12.4. The maximum Gasteiger partial charge on any atom is 0.307 e. The highest BCUT2D eigenvalue weighted by Crippen LogP contribution is 2.45. The summed E-state index contributed by atoms with van der Waals surface area (Å²) in [7, 11) is -4.08. The minimum Gasteiger partial charge on any atom is -0.481 e. The van der Waals surface area contributed by atoms with Gasteiger partial charge in [0.25, 0.3) is 10.0 Å². The second-order valence-corrected chi connectivity index (χ2v) is 10.2. The van der Waals surface area contributed by atoms with Crippen molar-refractivity contribution in [3.05, 3.63) is 84.2 Å². The van der Waals surface area contributed by atoms with Crippen LogP contribution in [0.15, 0.2) is 77.7 Å². The Labute approximate surface area is 198 Å². The van der Waals surface area contributed by atoms with Crippen molar-refractivity contribution in [1.29, 1.82) is 0 Å². The molecule has 34 heavy (non-hydrogen) atoms. The topological polar surface area (TPSA) is 98.7 Å². The summed E-state index contributed by atoms with van der Waals surface area (Å²) in [5.74, 6) is -1.50. The highest BCUT2D eigenvalue weighted by atomic mass is 32.2. The van der Waals surface area contributed by atoms with Gasteiger partial charge in [0.2, 0.25) is 0 Å². The van der Waals surface area contributed by atoms with Crippen LogP contribution < -0.4 is 14.9 Å². The number of rotatable bonds is 9. The number of para-hydroxylation sites is 1. The molecule has 7 nitrogen and oxygen atoms in total. The molecule has 178 valence electrons. The molecule has 1 atom stereocenters. The van der Waals surface area contributed by atoms with Gasteiger partial charge in [0.15, 0.2) is 0 Å². The fraction of sp³-hybridized carbons (Fsp3) is 0.240. The lowest BCUT2D eigenvalue weighted by molar-refractivity contribution is -0.138. The first kappa shape index (κ1) is 23.6. The van der Waals surface area contributed by atoms with Crippen molar-refractivity contribution in [2.75, 3.05) is 14.9 Å². The molecule has 3 N–H and O–H groups in total. The van der Waals surface area contributed by atoms with Crippen LogP contribution in [0.4, 0.5) is 21.5 Å². The number of carboxylic acid groups (broad SMARTS) is 1. The zero-order valence-electron chi connectivity index (χ0n) is 18.7. The SMILES string of the molecule is CCCC1(CC(=O)O)Nc2cccc(N(Cc3ccccc3)S(=O)(=O)c3ccc(F)cc3)c2N1. The van der Waals surface area contributed by atoms with Gasteiger partial charge in [-0.2, -0.15) is 0 Å². The quantitative estimate of drug-likeness (QED) is 0.395. The Hall–Kier alpha value is -3.59. The van der Waals surface area contributed by atoms with E-state index < -0.39 is 27.5 Å². The number of anilines is 3. The summed E-state index contributed by atoms with van der Waals surface area (Å²) in [6, 6.07) is 19.1. The lowest BCUT2D eigenvalue weighted by Crippen LogP contribution is -2.44. The first-order valence-electron chi connectivity index (χ1n) is 11.0. The van der Waals surface area contributed by atoms with Crippen molar-refractivity contribution in [3.63, 3.8) is 0 Å². The van der Waals surface area contributed by atoms with Gasteiger partial charge in [-0.1, -0.05) is 49.7 Å². The molecule has 0 saturated heterocycles. The van der Waals surface area contributed by atoms with Crippen LogP contribution in [-0.2, 0) is 21.4 Å². The van der Waals surface area contributed by atoms with Crippen molar-refractivity contribution in [3.8, 4) is 0 Å². The maximum atomic E-state index is 13.8. The van der Waals surface area contributed by atoms with Crippen LogP contribution in [0.5, 0.6) is 0 Å². The van der Waals surface area contributed by atoms with Crippen molar-refractivity contribution >= 4 is 33.1 Å². The van der Waals surface area contributed by atoms with E-state index in [1.165, 1.54) is 16.4 Å². The summed E-state index contributed by atoms with van der Waals surface area (Å²) in [5.41, 5.74) is 1.35. The molecule has 0 bridgehead atoms. The molecule has 1 aliphatic rings. The van der Waals surface area contributed by atoms with Gasteiger partial charge in [0.05, 0.1) is 34.9 Å². The molecule has 1 aliphatic heterocycles. The van der Waals surface area contributed by atoms with Crippen LogP contribution >= 0.6 is 0 Å². The van der Waals surface area contributed by atoms with E-state index in [-0.39, 0.29) is 17.9 Å². The third-order valence-electron chi connectivity index (χ3n) is 5.75. The number of carboxylic acids is 1. The van der Waals surface area contributed by atoms with Gasteiger partial charge in [-0.25, -0.2) is 12.8 Å². The van der Waals surface area contributed by atoms with Crippen LogP contribution in [0, 0.1) is 5.82 Å². The van der Waals surface area contributed by atoms with Gasteiger partial charge in [0, 0.05) is 0 Å². The van der Waals surface area contributed by atoms with Crippen LogP contribution in [0.3, 0.4) is 0 Å². The van der Waals surface area contributed by atoms with Crippen molar-refractivity contribution in [1.82, 2.24) is 0 Å². The first-order chi connectivity index (χ1) is 16.2. The maximum absolute atomic E-state index is 13.8. The van der Waals surface area contributed by atoms with Crippen LogP contribution in [0.2, 0.25) is 0 Å². The number of aliphatic carboxylic acids is 1. The zero-order valence-corrected chi connectivity index (χ0v) is 19.5. The molecule has 0 radical (unpaired) electrons. The Morgan fingerprint density at radius 2 is 1.71 bits per heavy atom. The molecular formula is C25H26FN3O4S. The normalized spacial score (nSPS) is 16.9. The molecule has 0 aliphatic carbocycles. The summed E-state index contributed by atoms with van der Waals surface area (Å²) in [5, 5.41) is 16.1. The van der Waals surface area contributed by atoms with Gasteiger partial charge in [-0.05, 0) is 48.4 Å². The fourth-order valence-corrected chi connectivity index (χ4v) is 5.75. The summed E-state index contributed by atoms with van der Waals surface area (Å²) in [6.07, 6.45) is 1.06.